The molecule has 5 rings (SSSR count). The highest BCUT2D eigenvalue weighted by Crippen LogP contribution is 2.33. The van der Waals surface area contributed by atoms with Crippen molar-refractivity contribution in [2.24, 2.45) is 5.92 Å². The van der Waals surface area contributed by atoms with Crippen LogP contribution in [-0.4, -0.2) is 52.4 Å². The van der Waals surface area contributed by atoms with Gasteiger partial charge in [0.25, 0.3) is 0 Å². The van der Waals surface area contributed by atoms with Crippen LogP contribution in [0.5, 0.6) is 5.75 Å². The molecule has 3 heterocycles. The van der Waals surface area contributed by atoms with E-state index in [1.165, 1.54) is 0 Å². The number of nitrogens with zero attached hydrogens (tertiary/aromatic N) is 4. The highest BCUT2D eigenvalue weighted by Gasteiger charge is 2.36. The number of fused-ring (bicyclic) bond motifs is 1. The average Bonchev–Trinajstić information content (AvgIpc) is 3.52. The van der Waals surface area contributed by atoms with Crippen molar-refractivity contribution in [2.75, 3.05) is 26.8 Å². The van der Waals surface area contributed by atoms with Gasteiger partial charge >= 0.3 is 0 Å². The number of aromatic nitrogens is 3. The van der Waals surface area contributed by atoms with Gasteiger partial charge in [-0.3, -0.25) is 4.79 Å². The molecule has 1 aliphatic heterocycles. The molecule has 0 radical (unpaired) electrons. The Morgan fingerprint density at radius 3 is 2.68 bits per heavy atom. The zero-order chi connectivity index (χ0) is 19.1. The van der Waals surface area contributed by atoms with Gasteiger partial charge in [-0.05, 0) is 36.6 Å². The molecule has 1 saturated heterocycles. The molecule has 0 bridgehead atoms. The molecule has 1 saturated carbocycles. The first-order chi connectivity index (χ1) is 13.7. The SMILES string of the molecule is COc1ccc(-c2ccc3c([C@H]4CN(C(=O)C5CC5)CCO4)nnn3c2)cc1. The van der Waals surface area contributed by atoms with E-state index in [0.29, 0.717) is 19.7 Å². The zero-order valence-electron chi connectivity index (χ0n) is 15.7. The third kappa shape index (κ3) is 3.11. The number of rotatable bonds is 4. The first kappa shape index (κ1) is 17.2. The van der Waals surface area contributed by atoms with Crippen molar-refractivity contribution < 1.29 is 14.3 Å². The van der Waals surface area contributed by atoms with Gasteiger partial charge < -0.3 is 14.4 Å². The number of hydrogen-bond donors (Lipinski definition) is 0. The lowest BCUT2D eigenvalue weighted by molar-refractivity contribution is -0.140. The molecule has 1 aromatic carbocycles. The summed E-state index contributed by atoms with van der Waals surface area (Å²) in [4.78, 5) is 14.3. The fourth-order valence-corrected chi connectivity index (χ4v) is 3.70. The number of carbonyl (C=O) groups excluding carboxylic acids is 1. The van der Waals surface area contributed by atoms with Crippen LogP contribution in [0.4, 0.5) is 0 Å². The predicted molar refractivity (Wildman–Crippen MR) is 103 cm³/mol. The van der Waals surface area contributed by atoms with Gasteiger partial charge in [0.2, 0.25) is 5.91 Å². The van der Waals surface area contributed by atoms with E-state index in [9.17, 15) is 4.79 Å². The summed E-state index contributed by atoms with van der Waals surface area (Å²) >= 11 is 0. The first-order valence-corrected chi connectivity index (χ1v) is 9.63. The summed E-state index contributed by atoms with van der Waals surface area (Å²) < 4.78 is 12.9. The van der Waals surface area contributed by atoms with Crippen molar-refractivity contribution >= 4 is 11.4 Å². The van der Waals surface area contributed by atoms with Crippen molar-refractivity contribution in [3.8, 4) is 16.9 Å². The maximum atomic E-state index is 12.4. The molecule has 2 aliphatic rings. The molecule has 2 fully saturated rings. The smallest absolute Gasteiger partial charge is 0.225 e. The summed E-state index contributed by atoms with van der Waals surface area (Å²) in [6, 6.07) is 12.0. The quantitative estimate of drug-likeness (QED) is 0.698. The van der Waals surface area contributed by atoms with Crippen LogP contribution < -0.4 is 4.74 Å². The third-order valence-electron chi connectivity index (χ3n) is 5.47. The second-order valence-electron chi connectivity index (χ2n) is 7.37. The molecule has 1 aliphatic carbocycles. The number of benzene rings is 1. The van der Waals surface area contributed by atoms with Gasteiger partial charge in [-0.15, -0.1) is 5.10 Å². The lowest BCUT2D eigenvalue weighted by atomic mass is 10.1. The van der Waals surface area contributed by atoms with Gasteiger partial charge in [0.05, 0.1) is 25.8 Å². The topological polar surface area (TPSA) is 69.0 Å². The molecular weight excluding hydrogens is 356 g/mol. The Hall–Kier alpha value is -2.93. The summed E-state index contributed by atoms with van der Waals surface area (Å²) in [6.07, 6.45) is 3.76. The molecule has 3 aromatic rings. The Balaban J connectivity index is 1.40. The maximum Gasteiger partial charge on any atom is 0.225 e. The van der Waals surface area contributed by atoms with Crippen LogP contribution in [-0.2, 0) is 9.53 Å². The van der Waals surface area contributed by atoms with Gasteiger partial charge in [0.1, 0.15) is 17.5 Å². The highest BCUT2D eigenvalue weighted by molar-refractivity contribution is 5.81. The highest BCUT2D eigenvalue weighted by atomic mass is 16.5. The van der Waals surface area contributed by atoms with Crippen LogP contribution in [0.2, 0.25) is 0 Å². The van der Waals surface area contributed by atoms with Crippen LogP contribution in [0.3, 0.4) is 0 Å². The summed E-state index contributed by atoms with van der Waals surface area (Å²) in [7, 11) is 1.66. The first-order valence-electron chi connectivity index (χ1n) is 9.63. The van der Waals surface area contributed by atoms with Gasteiger partial charge in [-0.2, -0.15) is 0 Å². The number of pyridine rings is 1. The van der Waals surface area contributed by atoms with E-state index in [-0.39, 0.29) is 17.9 Å². The summed E-state index contributed by atoms with van der Waals surface area (Å²) in [5.74, 6) is 1.31. The molecule has 7 nitrogen and oxygen atoms in total. The summed E-state index contributed by atoms with van der Waals surface area (Å²) in [5.41, 5.74) is 3.81. The second-order valence-corrected chi connectivity index (χ2v) is 7.37. The fourth-order valence-electron chi connectivity index (χ4n) is 3.70. The molecule has 0 unspecified atom stereocenters. The minimum atomic E-state index is -0.235. The van der Waals surface area contributed by atoms with E-state index in [1.807, 2.05) is 41.4 Å². The van der Waals surface area contributed by atoms with Crippen molar-refractivity contribution in [2.45, 2.75) is 18.9 Å². The molecule has 0 N–H and O–H groups in total. The van der Waals surface area contributed by atoms with Gasteiger partial charge in [-0.25, -0.2) is 4.52 Å². The van der Waals surface area contributed by atoms with E-state index in [4.69, 9.17) is 9.47 Å². The molecular formula is C21H22N4O3. The Labute approximate surface area is 162 Å². The monoisotopic (exact) mass is 378 g/mol. The lowest BCUT2D eigenvalue weighted by Gasteiger charge is -2.32. The number of ether oxygens (including phenoxy) is 2. The number of carbonyl (C=O) groups is 1. The van der Waals surface area contributed by atoms with Crippen LogP contribution in [0.15, 0.2) is 42.6 Å². The van der Waals surface area contributed by atoms with Crippen LogP contribution in [0.25, 0.3) is 16.6 Å². The van der Waals surface area contributed by atoms with E-state index >= 15 is 0 Å². The Kier molecular flexibility index (Phi) is 4.24. The molecule has 1 atom stereocenters. The van der Waals surface area contributed by atoms with E-state index < -0.39 is 0 Å². The van der Waals surface area contributed by atoms with Gasteiger partial charge in [0, 0.05) is 24.2 Å². The van der Waals surface area contributed by atoms with Gasteiger partial charge in [-0.1, -0.05) is 23.4 Å². The molecule has 28 heavy (non-hydrogen) atoms. The van der Waals surface area contributed by atoms with Crippen molar-refractivity contribution in [1.82, 2.24) is 19.7 Å². The van der Waals surface area contributed by atoms with Crippen LogP contribution in [0, 0.1) is 5.92 Å². The molecule has 2 aromatic heterocycles. The molecule has 7 heteroatoms. The van der Waals surface area contributed by atoms with Crippen molar-refractivity contribution in [1.29, 1.82) is 0 Å². The number of methoxy groups -OCH3 is 1. The van der Waals surface area contributed by atoms with Crippen molar-refractivity contribution in [3.05, 3.63) is 48.3 Å². The van der Waals surface area contributed by atoms with Gasteiger partial charge in [0.15, 0.2) is 0 Å². The largest absolute Gasteiger partial charge is 0.497 e. The standard InChI is InChI=1S/C21H22N4O3/c1-27-17-7-4-14(5-8-17)16-6-9-18-20(22-23-25(18)12-16)19-13-24(10-11-28-19)21(26)15-2-3-15/h4-9,12,15,19H,2-3,10-11,13H2,1H3/t19-/m1/s1. The maximum absolute atomic E-state index is 12.4. The fraction of sp³-hybridized carbons (Fsp3) is 0.381. The number of morpholine rings is 1. The normalized spacial score (nSPS) is 19.8. The predicted octanol–water partition coefficient (Wildman–Crippen LogP) is 2.71. The Bertz CT molecular complexity index is 1010. The average molecular weight is 378 g/mol. The minimum Gasteiger partial charge on any atom is -0.497 e. The number of amides is 1. The molecule has 1 amide bonds. The van der Waals surface area contributed by atoms with E-state index in [2.05, 4.69) is 16.4 Å². The Morgan fingerprint density at radius 1 is 1.14 bits per heavy atom. The van der Waals surface area contributed by atoms with Crippen LogP contribution in [0.1, 0.15) is 24.6 Å². The molecule has 0 spiro atoms. The van der Waals surface area contributed by atoms with Crippen molar-refractivity contribution in [3.63, 3.8) is 0 Å². The Morgan fingerprint density at radius 2 is 1.93 bits per heavy atom. The molecule has 144 valence electrons. The zero-order valence-corrected chi connectivity index (χ0v) is 15.7. The minimum absolute atomic E-state index is 0.225. The summed E-state index contributed by atoms with van der Waals surface area (Å²) in [5, 5.41) is 8.66. The second kappa shape index (κ2) is 6.91. The third-order valence-corrected chi connectivity index (χ3v) is 5.47. The van der Waals surface area contributed by atoms with E-state index in [0.717, 1.165) is 40.9 Å². The van der Waals surface area contributed by atoms with E-state index in [1.54, 1.807) is 11.6 Å². The van der Waals surface area contributed by atoms with Crippen LogP contribution >= 0.6 is 0 Å². The summed E-state index contributed by atoms with van der Waals surface area (Å²) in [6.45, 7) is 1.74. The lowest BCUT2D eigenvalue weighted by Crippen LogP contribution is -2.43. The number of hydrogen-bond acceptors (Lipinski definition) is 5.